The maximum Gasteiger partial charge on any atom is 0.353 e. The molecule has 3 rings (SSSR count). The van der Waals surface area contributed by atoms with Crippen LogP contribution in [0.4, 0.5) is 11.4 Å². The molecule has 1 unspecified atom stereocenters. The number of nitrogens with zero attached hydrogens (tertiary/aromatic N) is 3. The minimum Gasteiger partial charge on any atom is -0.464 e. The third kappa shape index (κ3) is 2.63. The normalized spacial score (nSPS) is 20.4. The molecule has 7 nitrogen and oxygen atoms in total. The average Bonchev–Trinajstić information content (AvgIpc) is 3.38. The van der Waals surface area contributed by atoms with Crippen molar-refractivity contribution in [3.8, 4) is 6.07 Å². The van der Waals surface area contributed by atoms with Crippen LogP contribution in [0.15, 0.2) is 23.3 Å². The lowest BCUT2D eigenvalue weighted by atomic mass is 10.0. The Morgan fingerprint density at radius 3 is 2.83 bits per heavy atom. The molecular weight excluding hydrogens is 296 g/mol. The number of esters is 1. The molecule has 0 saturated heterocycles. The number of para-hydroxylation sites is 1. The molecule has 0 spiro atoms. The summed E-state index contributed by atoms with van der Waals surface area (Å²) in [5, 5.41) is 17.9. The Morgan fingerprint density at radius 2 is 2.22 bits per heavy atom. The number of carbonyl (C=O) groups excluding carboxylic acids is 2. The number of amides is 1. The molecule has 1 N–H and O–H groups in total. The molecule has 23 heavy (non-hydrogen) atoms. The smallest absolute Gasteiger partial charge is 0.353 e. The van der Waals surface area contributed by atoms with Crippen LogP contribution in [0, 0.1) is 17.2 Å². The lowest BCUT2D eigenvalue weighted by Gasteiger charge is -2.35. The molecule has 0 radical (unpaired) electrons. The van der Waals surface area contributed by atoms with Crippen molar-refractivity contribution < 1.29 is 14.3 Å². The number of ether oxygens (including phenoxy) is 1. The number of nitrogens with one attached hydrogen (secondary N) is 1. The Balaban J connectivity index is 2.11. The largest absolute Gasteiger partial charge is 0.464 e. The molecule has 1 amide bonds. The summed E-state index contributed by atoms with van der Waals surface area (Å²) in [7, 11) is 1.28. The molecule has 1 saturated carbocycles. The third-order valence-corrected chi connectivity index (χ3v) is 4.00. The number of carbonyl (C=O) groups is 2. The van der Waals surface area contributed by atoms with Gasteiger partial charge in [0.25, 0.3) is 0 Å². The van der Waals surface area contributed by atoms with Gasteiger partial charge in [0.1, 0.15) is 17.8 Å². The molecule has 1 atom stereocenters. The standard InChI is InChI=1S/C16H16N4O3/c1-9(16(22)23-2)19-20-12-5-3-4-11(8-17)13(12)18-15(21)14(20)10-6-7-10/h3-5,10,14H,6-7H2,1-2H3,(H,18,21)/b19-9-. The Bertz CT molecular complexity index is 746. The summed E-state index contributed by atoms with van der Waals surface area (Å²) in [5.41, 5.74) is 1.56. The fourth-order valence-corrected chi connectivity index (χ4v) is 2.71. The topological polar surface area (TPSA) is 94.8 Å². The number of rotatable bonds is 3. The van der Waals surface area contributed by atoms with Gasteiger partial charge in [-0.15, -0.1) is 0 Å². The number of hydrazone groups is 1. The summed E-state index contributed by atoms with van der Waals surface area (Å²) in [6.45, 7) is 1.54. The van der Waals surface area contributed by atoms with E-state index in [4.69, 9.17) is 0 Å². The molecule has 0 bridgehead atoms. The van der Waals surface area contributed by atoms with Crippen molar-refractivity contribution in [2.45, 2.75) is 25.8 Å². The first-order chi connectivity index (χ1) is 11.1. The number of hydrogen-bond donors (Lipinski definition) is 1. The van der Waals surface area contributed by atoms with E-state index in [9.17, 15) is 14.9 Å². The van der Waals surface area contributed by atoms with Crippen molar-refractivity contribution in [2.24, 2.45) is 11.0 Å². The zero-order valence-electron chi connectivity index (χ0n) is 12.9. The molecular formula is C16H16N4O3. The molecule has 7 heteroatoms. The highest BCUT2D eigenvalue weighted by Gasteiger charge is 2.44. The van der Waals surface area contributed by atoms with Crippen LogP contribution in [-0.2, 0) is 14.3 Å². The van der Waals surface area contributed by atoms with Gasteiger partial charge in [-0.2, -0.15) is 10.4 Å². The van der Waals surface area contributed by atoms with Crippen LogP contribution in [-0.4, -0.2) is 30.7 Å². The van der Waals surface area contributed by atoms with Crippen LogP contribution in [0.3, 0.4) is 0 Å². The molecule has 1 aromatic rings. The molecule has 1 heterocycles. The maximum absolute atomic E-state index is 12.5. The van der Waals surface area contributed by atoms with Crippen molar-refractivity contribution in [1.82, 2.24) is 0 Å². The zero-order valence-corrected chi connectivity index (χ0v) is 12.9. The second-order valence-electron chi connectivity index (χ2n) is 5.60. The van der Waals surface area contributed by atoms with Crippen LogP contribution < -0.4 is 10.3 Å². The Hall–Kier alpha value is -2.88. The summed E-state index contributed by atoms with van der Waals surface area (Å²) >= 11 is 0. The van der Waals surface area contributed by atoms with E-state index in [1.165, 1.54) is 14.0 Å². The van der Waals surface area contributed by atoms with Crippen LogP contribution in [0.2, 0.25) is 0 Å². The number of nitriles is 1. The number of methoxy groups -OCH3 is 1. The van der Waals surface area contributed by atoms with E-state index in [1.54, 1.807) is 23.2 Å². The van der Waals surface area contributed by atoms with Crippen molar-refractivity contribution in [3.63, 3.8) is 0 Å². The van der Waals surface area contributed by atoms with E-state index >= 15 is 0 Å². The summed E-state index contributed by atoms with van der Waals surface area (Å²) in [5.74, 6) is -0.560. The first-order valence-electron chi connectivity index (χ1n) is 7.33. The summed E-state index contributed by atoms with van der Waals surface area (Å²) in [6.07, 6.45) is 1.88. The average molecular weight is 312 g/mol. The fraction of sp³-hybridized carbons (Fsp3) is 0.375. The van der Waals surface area contributed by atoms with Gasteiger partial charge in [-0.25, -0.2) is 4.79 Å². The second-order valence-corrected chi connectivity index (χ2v) is 5.60. The predicted molar refractivity (Wildman–Crippen MR) is 83.9 cm³/mol. The minimum absolute atomic E-state index is 0.154. The highest BCUT2D eigenvalue weighted by molar-refractivity contribution is 6.35. The highest BCUT2D eigenvalue weighted by Crippen LogP contribution is 2.43. The maximum atomic E-state index is 12.5. The summed E-state index contributed by atoms with van der Waals surface area (Å²) < 4.78 is 4.68. The van der Waals surface area contributed by atoms with Gasteiger partial charge in [0.15, 0.2) is 0 Å². The second kappa shape index (κ2) is 5.72. The van der Waals surface area contributed by atoms with E-state index < -0.39 is 12.0 Å². The first kappa shape index (κ1) is 15.0. The van der Waals surface area contributed by atoms with Gasteiger partial charge in [-0.1, -0.05) is 6.07 Å². The van der Waals surface area contributed by atoms with Crippen molar-refractivity contribution in [2.75, 3.05) is 17.4 Å². The SMILES string of the molecule is COC(=O)/C(C)=N\N1c2cccc(C#N)c2NC(=O)C1C1CC1. The van der Waals surface area contributed by atoms with Crippen molar-refractivity contribution >= 4 is 29.0 Å². The molecule has 1 fully saturated rings. The third-order valence-electron chi connectivity index (χ3n) is 4.00. The van der Waals surface area contributed by atoms with Crippen LogP contribution in [0.25, 0.3) is 0 Å². The van der Waals surface area contributed by atoms with Crippen molar-refractivity contribution in [1.29, 1.82) is 5.26 Å². The van der Waals surface area contributed by atoms with E-state index in [1.807, 2.05) is 0 Å². The Labute approximate surface area is 133 Å². The molecule has 118 valence electrons. The van der Waals surface area contributed by atoms with E-state index in [2.05, 4.69) is 21.2 Å². The van der Waals surface area contributed by atoms with Gasteiger partial charge in [-0.3, -0.25) is 9.80 Å². The van der Waals surface area contributed by atoms with Gasteiger partial charge in [-0.05, 0) is 37.8 Å². The number of hydrogen-bond acceptors (Lipinski definition) is 6. The summed E-state index contributed by atoms with van der Waals surface area (Å²) in [6, 6.07) is 6.72. The lowest BCUT2D eigenvalue weighted by molar-refractivity contribution is -0.132. The van der Waals surface area contributed by atoms with Gasteiger partial charge in [0, 0.05) is 0 Å². The van der Waals surface area contributed by atoms with Crippen LogP contribution >= 0.6 is 0 Å². The number of anilines is 2. The number of fused-ring (bicyclic) bond motifs is 1. The highest BCUT2D eigenvalue weighted by atomic mass is 16.5. The van der Waals surface area contributed by atoms with Gasteiger partial charge in [0.05, 0.1) is 24.0 Å². The quantitative estimate of drug-likeness (QED) is 0.676. The van der Waals surface area contributed by atoms with Gasteiger partial charge in [0.2, 0.25) is 5.91 Å². The predicted octanol–water partition coefficient (Wildman–Crippen LogP) is 1.64. The van der Waals surface area contributed by atoms with Crippen LogP contribution in [0.5, 0.6) is 0 Å². The molecule has 1 aliphatic carbocycles. The summed E-state index contributed by atoms with van der Waals surface area (Å²) in [4.78, 5) is 24.2. The van der Waals surface area contributed by atoms with E-state index in [0.29, 0.717) is 16.9 Å². The van der Waals surface area contributed by atoms with Crippen LogP contribution in [0.1, 0.15) is 25.3 Å². The van der Waals surface area contributed by atoms with E-state index in [0.717, 1.165) is 12.8 Å². The Morgan fingerprint density at radius 1 is 1.48 bits per heavy atom. The van der Waals surface area contributed by atoms with Gasteiger partial charge >= 0.3 is 5.97 Å². The lowest BCUT2D eigenvalue weighted by Crippen LogP contribution is -2.47. The zero-order chi connectivity index (χ0) is 16.6. The molecule has 1 aromatic carbocycles. The monoisotopic (exact) mass is 312 g/mol. The first-order valence-corrected chi connectivity index (χ1v) is 7.33. The fourth-order valence-electron chi connectivity index (χ4n) is 2.71. The van der Waals surface area contributed by atoms with Gasteiger partial charge < -0.3 is 10.1 Å². The molecule has 2 aliphatic rings. The molecule has 1 aliphatic heterocycles. The van der Waals surface area contributed by atoms with E-state index in [-0.39, 0.29) is 17.5 Å². The number of benzene rings is 1. The minimum atomic E-state index is -0.552. The Kier molecular flexibility index (Phi) is 3.74. The van der Waals surface area contributed by atoms with Crippen molar-refractivity contribution in [3.05, 3.63) is 23.8 Å². The molecule has 0 aromatic heterocycles.